The lowest BCUT2D eigenvalue weighted by Crippen LogP contribution is -2.24. The summed E-state index contributed by atoms with van der Waals surface area (Å²) in [5.74, 6) is 1.92. The maximum atomic E-state index is 13.1. The summed E-state index contributed by atoms with van der Waals surface area (Å²) in [4.78, 5) is 25.8. The third kappa shape index (κ3) is 4.53. The van der Waals surface area contributed by atoms with Crippen LogP contribution in [0.2, 0.25) is 0 Å². The average Bonchev–Trinajstić information content (AvgIpc) is 3.53. The Hall–Kier alpha value is -3.67. The van der Waals surface area contributed by atoms with Gasteiger partial charge in [-0.1, -0.05) is 42.5 Å². The molecule has 6 rings (SSSR count). The Labute approximate surface area is 205 Å². The van der Waals surface area contributed by atoms with Crippen molar-refractivity contribution in [1.29, 1.82) is 0 Å². The Bertz CT molecular complexity index is 1340. The number of Topliss-reactive ketones (excluding diaryl/α,β-unsaturated/α-hetero) is 1. The van der Waals surface area contributed by atoms with Gasteiger partial charge in [-0.15, -0.1) is 0 Å². The minimum atomic E-state index is 0.00717. The number of hydrogen-bond acceptors (Lipinski definition) is 5. The van der Waals surface area contributed by atoms with Crippen LogP contribution in [-0.2, 0) is 24.1 Å². The Morgan fingerprint density at radius 1 is 1.00 bits per heavy atom. The highest BCUT2D eigenvalue weighted by Crippen LogP contribution is 2.37. The maximum Gasteiger partial charge on any atom is 0.143 e. The number of para-hydroxylation sites is 2. The maximum absolute atomic E-state index is 13.1. The summed E-state index contributed by atoms with van der Waals surface area (Å²) < 4.78 is 6.33. The van der Waals surface area contributed by atoms with Crippen LogP contribution in [0.1, 0.15) is 48.9 Å². The summed E-state index contributed by atoms with van der Waals surface area (Å²) in [6, 6.07) is 18.1. The molecule has 6 heteroatoms. The van der Waals surface area contributed by atoms with Gasteiger partial charge in [0.2, 0.25) is 0 Å². The summed E-state index contributed by atoms with van der Waals surface area (Å²) >= 11 is 0. The average molecular weight is 467 g/mol. The van der Waals surface area contributed by atoms with E-state index in [0.717, 1.165) is 65.1 Å². The SMILES string of the molecule is O=C(Cc1ccccc1)C1CCc2[nH]c3ncnc(Nc4ccccc4OC4CCCC4)c3c2C1. The lowest BCUT2D eigenvalue weighted by atomic mass is 9.82. The number of H-pyrrole nitrogens is 1. The number of ether oxygens (including phenoxy) is 1. The van der Waals surface area contributed by atoms with Crippen molar-refractivity contribution < 1.29 is 9.53 Å². The minimum Gasteiger partial charge on any atom is -0.488 e. The molecule has 1 saturated carbocycles. The number of fused-ring (bicyclic) bond motifs is 3. The smallest absolute Gasteiger partial charge is 0.143 e. The van der Waals surface area contributed by atoms with E-state index < -0.39 is 0 Å². The number of benzene rings is 2. The standard InChI is InChI=1S/C29H30N4O2/c34-25(16-19-8-2-1-3-9-19)20-14-15-23-22(17-20)27-28(32-23)30-18-31-29(27)33-24-12-6-7-13-26(24)35-21-10-4-5-11-21/h1-3,6-9,12-13,18,20-21H,4-5,10-11,14-17H2,(H2,30,31,32,33). The third-order valence-corrected chi connectivity index (χ3v) is 7.39. The molecule has 0 amide bonds. The van der Waals surface area contributed by atoms with Crippen LogP contribution >= 0.6 is 0 Å². The van der Waals surface area contributed by atoms with Gasteiger partial charge in [-0.3, -0.25) is 4.79 Å². The van der Waals surface area contributed by atoms with Gasteiger partial charge in [0.25, 0.3) is 0 Å². The Balaban J connectivity index is 1.28. The highest BCUT2D eigenvalue weighted by atomic mass is 16.5. The second-order valence-corrected chi connectivity index (χ2v) is 9.74. The third-order valence-electron chi connectivity index (χ3n) is 7.39. The predicted molar refractivity (Wildman–Crippen MR) is 137 cm³/mol. The van der Waals surface area contributed by atoms with E-state index in [1.165, 1.54) is 18.5 Å². The van der Waals surface area contributed by atoms with Crippen molar-refractivity contribution in [1.82, 2.24) is 15.0 Å². The van der Waals surface area contributed by atoms with Gasteiger partial charge in [-0.25, -0.2) is 9.97 Å². The number of rotatable bonds is 7. The van der Waals surface area contributed by atoms with Gasteiger partial charge >= 0.3 is 0 Å². The number of carbonyl (C=O) groups is 1. The molecule has 2 aliphatic rings. The van der Waals surface area contributed by atoms with Gasteiger partial charge in [-0.2, -0.15) is 0 Å². The van der Waals surface area contributed by atoms with Gasteiger partial charge in [0.05, 0.1) is 17.2 Å². The molecule has 4 aromatic rings. The molecule has 2 aliphatic carbocycles. The Morgan fingerprint density at radius 2 is 1.80 bits per heavy atom. The van der Waals surface area contributed by atoms with E-state index in [-0.39, 0.29) is 12.0 Å². The Kier molecular flexibility index (Phi) is 5.94. The lowest BCUT2D eigenvalue weighted by Gasteiger charge is -2.22. The summed E-state index contributed by atoms with van der Waals surface area (Å²) in [7, 11) is 0. The number of hydrogen-bond donors (Lipinski definition) is 2. The van der Waals surface area contributed by atoms with Crippen LogP contribution in [0.15, 0.2) is 60.9 Å². The number of ketones is 1. The van der Waals surface area contributed by atoms with Gasteiger partial charge in [-0.05, 0) is 68.2 Å². The number of carbonyl (C=O) groups excluding carboxylic acids is 1. The monoisotopic (exact) mass is 466 g/mol. The van der Waals surface area contributed by atoms with Crippen LogP contribution in [0.25, 0.3) is 11.0 Å². The molecule has 0 bridgehead atoms. The van der Waals surface area contributed by atoms with E-state index in [9.17, 15) is 4.79 Å². The quantitative estimate of drug-likeness (QED) is 0.352. The molecule has 1 unspecified atom stereocenters. The topological polar surface area (TPSA) is 79.9 Å². The molecule has 35 heavy (non-hydrogen) atoms. The van der Waals surface area contributed by atoms with Crippen molar-refractivity contribution in [3.63, 3.8) is 0 Å². The fourth-order valence-electron chi connectivity index (χ4n) is 5.54. The highest BCUT2D eigenvalue weighted by molar-refractivity contribution is 5.94. The van der Waals surface area contributed by atoms with Crippen LogP contribution in [0.3, 0.4) is 0 Å². The first-order valence-corrected chi connectivity index (χ1v) is 12.7. The first-order chi connectivity index (χ1) is 17.2. The number of nitrogens with one attached hydrogen (secondary N) is 2. The van der Waals surface area contributed by atoms with E-state index in [0.29, 0.717) is 18.6 Å². The van der Waals surface area contributed by atoms with E-state index >= 15 is 0 Å². The Morgan fingerprint density at radius 3 is 2.66 bits per heavy atom. The van der Waals surface area contributed by atoms with Crippen molar-refractivity contribution in [3.05, 3.63) is 77.7 Å². The van der Waals surface area contributed by atoms with E-state index in [1.807, 2.05) is 54.6 Å². The first kappa shape index (κ1) is 21.8. The van der Waals surface area contributed by atoms with Gasteiger partial charge in [0, 0.05) is 18.0 Å². The molecular weight excluding hydrogens is 436 g/mol. The molecule has 0 aliphatic heterocycles. The second-order valence-electron chi connectivity index (χ2n) is 9.74. The molecular formula is C29H30N4O2. The molecule has 0 radical (unpaired) electrons. The van der Waals surface area contributed by atoms with Gasteiger partial charge in [0.1, 0.15) is 29.3 Å². The van der Waals surface area contributed by atoms with Gasteiger partial charge in [0.15, 0.2) is 0 Å². The van der Waals surface area contributed by atoms with Crippen molar-refractivity contribution in [2.24, 2.45) is 5.92 Å². The highest BCUT2D eigenvalue weighted by Gasteiger charge is 2.29. The molecule has 178 valence electrons. The fraction of sp³-hybridized carbons (Fsp3) is 0.345. The second kappa shape index (κ2) is 9.53. The summed E-state index contributed by atoms with van der Waals surface area (Å²) in [6.07, 6.45) is 9.44. The molecule has 2 aromatic heterocycles. The molecule has 2 heterocycles. The number of aromatic amines is 1. The minimum absolute atomic E-state index is 0.00717. The van der Waals surface area contributed by atoms with Crippen LogP contribution in [0.4, 0.5) is 11.5 Å². The zero-order valence-electron chi connectivity index (χ0n) is 19.8. The molecule has 2 N–H and O–H groups in total. The summed E-state index contributed by atoms with van der Waals surface area (Å²) in [5.41, 5.74) is 5.13. The van der Waals surface area contributed by atoms with Crippen LogP contribution in [0, 0.1) is 5.92 Å². The molecule has 0 spiro atoms. The zero-order chi connectivity index (χ0) is 23.6. The van der Waals surface area contributed by atoms with Crippen LogP contribution < -0.4 is 10.1 Å². The lowest BCUT2D eigenvalue weighted by molar-refractivity contribution is -0.122. The summed E-state index contributed by atoms with van der Waals surface area (Å²) in [6.45, 7) is 0. The number of aryl methyl sites for hydroxylation is 1. The summed E-state index contributed by atoms with van der Waals surface area (Å²) in [5, 5.41) is 4.51. The molecule has 1 atom stereocenters. The van der Waals surface area contributed by atoms with Crippen molar-refractivity contribution in [3.8, 4) is 5.75 Å². The van der Waals surface area contributed by atoms with Crippen molar-refractivity contribution >= 4 is 28.3 Å². The van der Waals surface area contributed by atoms with Crippen LogP contribution in [0.5, 0.6) is 5.75 Å². The number of anilines is 2. The molecule has 6 nitrogen and oxygen atoms in total. The predicted octanol–water partition coefficient (Wildman–Crippen LogP) is 5.94. The molecule has 1 fully saturated rings. The van der Waals surface area contributed by atoms with E-state index in [1.54, 1.807) is 6.33 Å². The normalized spacial score (nSPS) is 17.9. The van der Waals surface area contributed by atoms with Crippen molar-refractivity contribution in [2.45, 2.75) is 57.5 Å². The largest absolute Gasteiger partial charge is 0.488 e. The zero-order valence-corrected chi connectivity index (χ0v) is 19.8. The number of aromatic nitrogens is 3. The number of nitrogens with zero attached hydrogens (tertiary/aromatic N) is 2. The van der Waals surface area contributed by atoms with Crippen molar-refractivity contribution in [2.75, 3.05) is 5.32 Å². The molecule has 0 saturated heterocycles. The molecule has 2 aromatic carbocycles. The van der Waals surface area contributed by atoms with Gasteiger partial charge < -0.3 is 15.0 Å². The first-order valence-electron chi connectivity index (χ1n) is 12.7. The van der Waals surface area contributed by atoms with E-state index in [2.05, 4.69) is 20.3 Å². The van der Waals surface area contributed by atoms with E-state index in [4.69, 9.17) is 4.74 Å². The van der Waals surface area contributed by atoms with Crippen LogP contribution in [-0.4, -0.2) is 26.8 Å². The fourth-order valence-corrected chi connectivity index (χ4v) is 5.54.